The Kier molecular flexibility index (Phi) is 10.1. The van der Waals surface area contributed by atoms with E-state index in [-0.39, 0.29) is 55.8 Å². The Hall–Kier alpha value is -5.91. The van der Waals surface area contributed by atoms with E-state index in [9.17, 15) is 18.7 Å². The van der Waals surface area contributed by atoms with E-state index in [1.807, 2.05) is 82.2 Å². The lowest BCUT2D eigenvalue weighted by Crippen LogP contribution is -2.42. The maximum Gasteiger partial charge on any atom is 0.265 e. The van der Waals surface area contributed by atoms with Gasteiger partial charge in [0.15, 0.2) is 11.5 Å². The topological polar surface area (TPSA) is 87.0 Å². The number of rotatable bonds is 8. The molecule has 3 aliphatic rings. The average Bonchev–Trinajstić information content (AvgIpc) is 3.93. The molecule has 292 valence electrons. The van der Waals surface area contributed by atoms with Gasteiger partial charge in [-0.25, -0.2) is 8.78 Å². The number of hydrogen-bond donors (Lipinski definition) is 1. The maximum absolute atomic E-state index is 15.0. The minimum absolute atomic E-state index is 0. The zero-order valence-electron chi connectivity index (χ0n) is 31.2. The summed E-state index contributed by atoms with van der Waals surface area (Å²) in [6.07, 6.45) is 3.08. The molecule has 6 aromatic rings. The number of likely N-dealkylation sites (tertiary alicyclic amines) is 1. The van der Waals surface area contributed by atoms with Crippen LogP contribution in [0.15, 0.2) is 115 Å². The molecule has 57 heavy (non-hydrogen) atoms. The Bertz CT molecular complexity index is 2470. The number of anilines is 2. The fourth-order valence-corrected chi connectivity index (χ4v) is 8.17. The van der Waals surface area contributed by atoms with E-state index in [1.165, 1.54) is 17.7 Å². The first kappa shape index (κ1) is 38.0. The standard InChI is InChI=1S/C45H40F2N4O5.ClH/c1-29-22-31-6-2-3-7-32(31)26-50(29)43(53)37-25-42-41(55-28-56-42)24-36(37)40-23-38(39-8-4-5-19-49(39)40)44(54)51(34-13-15-35(52)16-14-34)33-11-9-30(10-12-33)17-20-48-21-18-45(46,47)27-48;/h2-16,19,23-25,29,52H,17-18,20-22,26-28H2,1H3;1H/t29-;/m1./s1. The Labute approximate surface area is 335 Å². The normalized spacial score (nSPS) is 17.0. The molecule has 3 aliphatic heterocycles. The molecule has 4 aromatic carbocycles. The number of alkyl halides is 2. The van der Waals surface area contributed by atoms with Crippen LogP contribution in [0.1, 0.15) is 50.8 Å². The molecule has 0 spiro atoms. The highest BCUT2D eigenvalue weighted by molar-refractivity contribution is 6.16. The van der Waals surface area contributed by atoms with Crippen LogP contribution in [0.25, 0.3) is 16.8 Å². The Morgan fingerprint density at radius 3 is 2.26 bits per heavy atom. The summed E-state index contributed by atoms with van der Waals surface area (Å²) in [4.78, 5) is 34.9. The molecule has 0 unspecified atom stereocenters. The molecule has 0 radical (unpaired) electrons. The molecule has 0 saturated carbocycles. The Morgan fingerprint density at radius 2 is 1.54 bits per heavy atom. The molecule has 1 saturated heterocycles. The van der Waals surface area contributed by atoms with Gasteiger partial charge in [0.05, 0.1) is 28.9 Å². The molecule has 9 rings (SSSR count). The number of benzene rings is 4. The summed E-state index contributed by atoms with van der Waals surface area (Å²) in [6, 6.07) is 33.1. The number of carbonyl (C=O) groups excluding carboxylic acids is 2. The molecular weight excluding hydrogens is 750 g/mol. The molecule has 5 heterocycles. The second kappa shape index (κ2) is 15.2. The van der Waals surface area contributed by atoms with Gasteiger partial charge in [0.2, 0.25) is 6.79 Å². The van der Waals surface area contributed by atoms with Crippen molar-refractivity contribution in [1.29, 1.82) is 0 Å². The third-order valence-electron chi connectivity index (χ3n) is 11.2. The smallest absolute Gasteiger partial charge is 0.265 e. The molecule has 1 atom stereocenters. The summed E-state index contributed by atoms with van der Waals surface area (Å²) in [7, 11) is 0. The fourth-order valence-electron chi connectivity index (χ4n) is 8.17. The molecule has 12 heteroatoms. The van der Waals surface area contributed by atoms with E-state index < -0.39 is 5.92 Å². The number of halogens is 3. The van der Waals surface area contributed by atoms with Crippen molar-refractivity contribution in [3.63, 3.8) is 0 Å². The van der Waals surface area contributed by atoms with Gasteiger partial charge in [-0.15, -0.1) is 12.4 Å². The number of pyridine rings is 1. The highest BCUT2D eigenvalue weighted by Crippen LogP contribution is 2.42. The number of aromatic nitrogens is 1. The minimum Gasteiger partial charge on any atom is -0.508 e. The maximum atomic E-state index is 15.0. The lowest BCUT2D eigenvalue weighted by molar-refractivity contribution is 0.0123. The number of carbonyl (C=O) groups is 2. The predicted molar refractivity (Wildman–Crippen MR) is 216 cm³/mol. The second-order valence-electron chi connectivity index (χ2n) is 14.9. The molecule has 0 aliphatic carbocycles. The van der Waals surface area contributed by atoms with Crippen molar-refractivity contribution in [3.05, 3.63) is 143 Å². The van der Waals surface area contributed by atoms with Crippen LogP contribution in [0.4, 0.5) is 20.2 Å². The van der Waals surface area contributed by atoms with E-state index in [4.69, 9.17) is 9.47 Å². The van der Waals surface area contributed by atoms with Crippen LogP contribution in [0.2, 0.25) is 0 Å². The van der Waals surface area contributed by atoms with Gasteiger partial charge in [-0.1, -0.05) is 42.5 Å². The van der Waals surface area contributed by atoms with Crippen LogP contribution in [0.3, 0.4) is 0 Å². The molecule has 9 nitrogen and oxygen atoms in total. The summed E-state index contributed by atoms with van der Waals surface area (Å²) in [5, 5.41) is 10.1. The van der Waals surface area contributed by atoms with Gasteiger partial charge in [0.25, 0.3) is 17.7 Å². The number of aromatic hydroxyl groups is 1. The van der Waals surface area contributed by atoms with E-state index in [2.05, 4.69) is 19.1 Å². The predicted octanol–water partition coefficient (Wildman–Crippen LogP) is 8.91. The zero-order chi connectivity index (χ0) is 38.6. The van der Waals surface area contributed by atoms with Crippen LogP contribution in [-0.2, 0) is 19.4 Å². The first-order valence-corrected chi connectivity index (χ1v) is 18.9. The number of fused-ring (bicyclic) bond motifs is 3. The monoisotopic (exact) mass is 790 g/mol. The van der Waals surface area contributed by atoms with Crippen LogP contribution in [0, 0.1) is 0 Å². The van der Waals surface area contributed by atoms with Gasteiger partial charge >= 0.3 is 0 Å². The van der Waals surface area contributed by atoms with Gasteiger partial charge in [0.1, 0.15) is 5.75 Å². The highest BCUT2D eigenvalue weighted by Gasteiger charge is 2.38. The van der Waals surface area contributed by atoms with Crippen molar-refractivity contribution in [2.75, 3.05) is 31.3 Å². The fraction of sp³-hybridized carbons (Fsp3) is 0.244. The quantitative estimate of drug-likeness (QED) is 0.166. The van der Waals surface area contributed by atoms with E-state index >= 15 is 4.79 Å². The third-order valence-corrected chi connectivity index (χ3v) is 11.2. The van der Waals surface area contributed by atoms with E-state index in [0.29, 0.717) is 76.8 Å². The lowest BCUT2D eigenvalue weighted by atomic mass is 9.93. The first-order valence-electron chi connectivity index (χ1n) is 18.9. The second-order valence-corrected chi connectivity index (χ2v) is 14.9. The molecule has 0 bridgehead atoms. The van der Waals surface area contributed by atoms with Gasteiger partial charge in [-0.3, -0.25) is 19.4 Å². The molecule has 1 fully saturated rings. The van der Waals surface area contributed by atoms with Crippen molar-refractivity contribution in [2.24, 2.45) is 0 Å². The van der Waals surface area contributed by atoms with Gasteiger partial charge in [-0.2, -0.15) is 0 Å². The van der Waals surface area contributed by atoms with E-state index in [1.54, 1.807) is 28.0 Å². The molecule has 2 aromatic heterocycles. The highest BCUT2D eigenvalue weighted by atomic mass is 35.5. The minimum atomic E-state index is -2.64. The zero-order valence-corrected chi connectivity index (χ0v) is 32.1. The molecular formula is C45H41ClF2N4O5. The lowest BCUT2D eigenvalue weighted by Gasteiger charge is -2.35. The van der Waals surface area contributed by atoms with Crippen molar-refractivity contribution in [1.82, 2.24) is 14.2 Å². The Balaban J connectivity index is 0.00000455. The van der Waals surface area contributed by atoms with Crippen molar-refractivity contribution >= 4 is 41.1 Å². The molecule has 2 amide bonds. The summed E-state index contributed by atoms with van der Waals surface area (Å²) in [5.41, 5.74) is 7.12. The largest absolute Gasteiger partial charge is 0.508 e. The van der Waals surface area contributed by atoms with Crippen molar-refractivity contribution in [2.45, 2.75) is 44.7 Å². The number of nitrogens with zero attached hydrogens (tertiary/aromatic N) is 4. The van der Waals surface area contributed by atoms with Gasteiger partial charge in [-0.05, 0) is 103 Å². The van der Waals surface area contributed by atoms with E-state index in [0.717, 1.165) is 17.5 Å². The number of ether oxygens (including phenoxy) is 2. The summed E-state index contributed by atoms with van der Waals surface area (Å²) < 4.78 is 41.1. The van der Waals surface area contributed by atoms with Crippen LogP contribution in [0.5, 0.6) is 17.2 Å². The number of hydrogen-bond acceptors (Lipinski definition) is 6. The van der Waals surface area contributed by atoms with Gasteiger partial charge < -0.3 is 23.9 Å². The average molecular weight is 791 g/mol. The number of phenols is 1. The molecule has 1 N–H and O–H groups in total. The van der Waals surface area contributed by atoms with Crippen LogP contribution in [-0.4, -0.2) is 69.5 Å². The summed E-state index contributed by atoms with van der Waals surface area (Å²) in [5.74, 6) is -2.06. The van der Waals surface area contributed by atoms with Crippen LogP contribution >= 0.6 is 12.4 Å². The number of amides is 2. The van der Waals surface area contributed by atoms with Crippen LogP contribution < -0.4 is 14.4 Å². The SMILES string of the molecule is C[C@@H]1Cc2ccccc2CN1C(=O)c1cc2c(cc1-c1cc(C(=O)N(c3ccc(O)cc3)c3ccc(CCN4CCC(F)(F)C4)cc3)c3ccccn13)OCO2.Cl. The Morgan fingerprint density at radius 1 is 0.860 bits per heavy atom. The van der Waals surface area contributed by atoms with Crippen molar-refractivity contribution < 1.29 is 33.0 Å². The van der Waals surface area contributed by atoms with Crippen molar-refractivity contribution in [3.8, 4) is 28.5 Å². The third kappa shape index (κ3) is 7.29. The first-order chi connectivity index (χ1) is 27.1. The van der Waals surface area contributed by atoms with Gasteiger partial charge in [0, 0.05) is 55.2 Å². The number of phenolic OH excluding ortho intramolecular Hbond substituents is 1. The summed E-state index contributed by atoms with van der Waals surface area (Å²) in [6.45, 7) is 3.22. The summed E-state index contributed by atoms with van der Waals surface area (Å²) >= 11 is 0.